The predicted molar refractivity (Wildman–Crippen MR) is 113 cm³/mol. The first-order valence-electron chi connectivity index (χ1n) is 10.3. The van der Waals surface area contributed by atoms with Crippen LogP contribution in [0.3, 0.4) is 0 Å². The molecule has 0 saturated heterocycles. The second kappa shape index (κ2) is 7.03. The van der Waals surface area contributed by atoms with Crippen LogP contribution in [0, 0.1) is 6.92 Å². The monoisotopic (exact) mass is 388 g/mol. The van der Waals surface area contributed by atoms with E-state index in [1.807, 2.05) is 64.9 Å². The normalized spacial score (nSPS) is 19.1. The zero-order valence-corrected chi connectivity index (χ0v) is 16.5. The number of aryl methyl sites for hydroxylation is 1. The molecule has 2 amide bonds. The number of carbonyl (C=O) groups is 2. The molecule has 2 heterocycles. The van der Waals surface area contributed by atoms with Crippen LogP contribution < -0.4 is 10.2 Å². The Bertz CT molecular complexity index is 1100. The summed E-state index contributed by atoms with van der Waals surface area (Å²) in [5, 5.41) is 2.94. The summed E-state index contributed by atoms with van der Waals surface area (Å²) in [6.07, 6.45) is 4.36. The quantitative estimate of drug-likeness (QED) is 0.728. The van der Waals surface area contributed by atoms with Gasteiger partial charge in [0.2, 0.25) is 11.9 Å². The molecule has 5 rings (SSSR count). The number of nitrogens with one attached hydrogen (secondary N) is 1. The molecule has 148 valence electrons. The molecule has 0 bridgehead atoms. The summed E-state index contributed by atoms with van der Waals surface area (Å²) in [5.41, 5.74) is 3.60. The summed E-state index contributed by atoms with van der Waals surface area (Å²) in [6, 6.07) is 15.2. The lowest BCUT2D eigenvalue weighted by Crippen LogP contribution is -2.38. The fraction of sp³-hybridized carbons (Fsp3) is 0.348. The number of para-hydroxylation sites is 2. The van der Waals surface area contributed by atoms with Crippen molar-refractivity contribution < 1.29 is 9.59 Å². The van der Waals surface area contributed by atoms with E-state index in [2.05, 4.69) is 5.32 Å². The van der Waals surface area contributed by atoms with Crippen molar-refractivity contribution in [3.8, 4) is 0 Å². The van der Waals surface area contributed by atoms with Gasteiger partial charge in [-0.1, -0.05) is 37.1 Å². The lowest BCUT2D eigenvalue weighted by molar-refractivity contribution is -0.125. The Kier molecular flexibility index (Phi) is 4.34. The third-order valence-electron chi connectivity index (χ3n) is 6.00. The van der Waals surface area contributed by atoms with E-state index in [4.69, 9.17) is 4.98 Å². The Balaban J connectivity index is 1.48. The Hall–Kier alpha value is -3.15. The van der Waals surface area contributed by atoms with E-state index in [9.17, 15) is 9.59 Å². The van der Waals surface area contributed by atoms with Gasteiger partial charge in [0.05, 0.1) is 17.5 Å². The lowest BCUT2D eigenvalue weighted by atomic mass is 10.1. The highest BCUT2D eigenvalue weighted by Crippen LogP contribution is 2.40. The van der Waals surface area contributed by atoms with Gasteiger partial charge in [-0.3, -0.25) is 19.1 Å². The van der Waals surface area contributed by atoms with Gasteiger partial charge in [-0.05, 0) is 49.6 Å². The number of hydrogen-bond acceptors (Lipinski definition) is 3. The van der Waals surface area contributed by atoms with Gasteiger partial charge in [0, 0.05) is 11.7 Å². The molecule has 0 spiro atoms. The molecular weight excluding hydrogens is 364 g/mol. The third-order valence-corrected chi connectivity index (χ3v) is 6.00. The van der Waals surface area contributed by atoms with E-state index >= 15 is 0 Å². The van der Waals surface area contributed by atoms with Gasteiger partial charge >= 0.3 is 0 Å². The molecule has 1 aromatic heterocycles. The predicted octanol–water partition coefficient (Wildman–Crippen LogP) is 4.20. The molecule has 1 aliphatic heterocycles. The average Bonchev–Trinajstić information content (AvgIpc) is 3.39. The van der Waals surface area contributed by atoms with Gasteiger partial charge in [0.25, 0.3) is 5.91 Å². The smallest absolute Gasteiger partial charge is 0.253 e. The minimum absolute atomic E-state index is 0.00968. The minimum Gasteiger partial charge on any atom is -0.326 e. The fourth-order valence-electron chi connectivity index (χ4n) is 4.67. The van der Waals surface area contributed by atoms with Crippen molar-refractivity contribution in [2.45, 2.75) is 51.1 Å². The number of aromatic nitrogens is 2. The number of carbonyl (C=O) groups excluding carboxylic acids is 2. The number of rotatable bonds is 4. The minimum atomic E-state index is -0.553. The summed E-state index contributed by atoms with van der Waals surface area (Å²) < 4.78 is 1.96. The van der Waals surface area contributed by atoms with Gasteiger partial charge < -0.3 is 5.32 Å². The number of imidazole rings is 1. The number of amides is 2. The van der Waals surface area contributed by atoms with E-state index < -0.39 is 6.04 Å². The van der Waals surface area contributed by atoms with Crippen LogP contribution in [0.5, 0.6) is 0 Å². The largest absolute Gasteiger partial charge is 0.326 e. The highest BCUT2D eigenvalue weighted by molar-refractivity contribution is 6.05. The van der Waals surface area contributed by atoms with Crippen molar-refractivity contribution in [1.29, 1.82) is 0 Å². The Morgan fingerprint density at radius 3 is 2.72 bits per heavy atom. The zero-order valence-electron chi connectivity index (χ0n) is 16.5. The molecule has 1 saturated carbocycles. The second-order valence-corrected chi connectivity index (χ2v) is 8.05. The summed E-state index contributed by atoms with van der Waals surface area (Å²) in [7, 11) is 0. The molecule has 1 atom stereocenters. The van der Waals surface area contributed by atoms with Crippen LogP contribution in [0.2, 0.25) is 0 Å². The Morgan fingerprint density at radius 2 is 1.93 bits per heavy atom. The highest BCUT2D eigenvalue weighted by atomic mass is 16.2. The third kappa shape index (κ3) is 3.09. The highest BCUT2D eigenvalue weighted by Gasteiger charge is 2.44. The van der Waals surface area contributed by atoms with Crippen LogP contribution in [0.15, 0.2) is 48.5 Å². The van der Waals surface area contributed by atoms with Crippen LogP contribution in [0.1, 0.15) is 43.7 Å². The second-order valence-electron chi connectivity index (χ2n) is 8.05. The molecule has 1 aliphatic carbocycles. The summed E-state index contributed by atoms with van der Waals surface area (Å²) in [6.45, 7) is 1.99. The number of nitrogens with zero attached hydrogens (tertiary/aromatic N) is 3. The lowest BCUT2D eigenvalue weighted by Gasteiger charge is -2.22. The van der Waals surface area contributed by atoms with Crippen LogP contribution in [-0.2, 0) is 9.59 Å². The van der Waals surface area contributed by atoms with E-state index in [0.29, 0.717) is 5.95 Å². The standard InChI is InChI=1S/C23H24N4O2/c1-15-7-6-8-16(13-15)24-21(28)14-20-22(29)26(17-9-2-3-10-17)23-25-18-11-4-5-12-19(18)27(20)23/h4-8,11-13,17,20H,2-3,9-10,14H2,1H3,(H,24,28)/t20-/m1/s1. The van der Waals surface area contributed by atoms with Gasteiger partial charge in [-0.2, -0.15) is 0 Å². The van der Waals surface area contributed by atoms with Crippen LogP contribution in [-0.4, -0.2) is 27.4 Å². The van der Waals surface area contributed by atoms with Gasteiger partial charge in [-0.15, -0.1) is 0 Å². The Morgan fingerprint density at radius 1 is 1.14 bits per heavy atom. The number of fused-ring (bicyclic) bond motifs is 3. The van der Waals surface area contributed by atoms with E-state index in [-0.39, 0.29) is 24.3 Å². The first kappa shape index (κ1) is 17.9. The van der Waals surface area contributed by atoms with E-state index in [1.54, 1.807) is 0 Å². The van der Waals surface area contributed by atoms with Crippen LogP contribution >= 0.6 is 0 Å². The van der Waals surface area contributed by atoms with E-state index in [1.165, 1.54) is 0 Å². The summed E-state index contributed by atoms with van der Waals surface area (Å²) in [5.74, 6) is 0.520. The first-order valence-corrected chi connectivity index (χ1v) is 10.3. The van der Waals surface area contributed by atoms with Gasteiger partial charge in [0.1, 0.15) is 6.04 Å². The maximum Gasteiger partial charge on any atom is 0.253 e. The topological polar surface area (TPSA) is 67.2 Å². The first-order chi connectivity index (χ1) is 14.1. The summed E-state index contributed by atoms with van der Waals surface area (Å²) in [4.78, 5) is 32.8. The average molecular weight is 388 g/mol. The molecule has 6 heteroatoms. The molecule has 6 nitrogen and oxygen atoms in total. The van der Waals surface area contributed by atoms with Crippen LogP contribution in [0.4, 0.5) is 11.6 Å². The van der Waals surface area contributed by atoms with Gasteiger partial charge in [-0.25, -0.2) is 4.98 Å². The van der Waals surface area contributed by atoms with Gasteiger partial charge in [0.15, 0.2) is 0 Å². The molecule has 3 aromatic rings. The van der Waals surface area contributed by atoms with Crippen molar-refractivity contribution in [3.63, 3.8) is 0 Å². The number of hydrogen-bond donors (Lipinski definition) is 1. The molecule has 2 aromatic carbocycles. The molecule has 2 aliphatic rings. The van der Waals surface area contributed by atoms with Crippen molar-refractivity contribution in [3.05, 3.63) is 54.1 Å². The fourth-order valence-corrected chi connectivity index (χ4v) is 4.67. The molecular formula is C23H24N4O2. The van der Waals surface area contributed by atoms with Crippen molar-refractivity contribution in [2.75, 3.05) is 10.2 Å². The molecule has 0 unspecified atom stereocenters. The maximum atomic E-state index is 13.4. The summed E-state index contributed by atoms with van der Waals surface area (Å²) >= 11 is 0. The number of benzene rings is 2. The maximum absolute atomic E-state index is 13.4. The zero-order chi connectivity index (χ0) is 20.0. The van der Waals surface area contributed by atoms with Crippen molar-refractivity contribution in [2.24, 2.45) is 0 Å². The van der Waals surface area contributed by atoms with Crippen molar-refractivity contribution >= 4 is 34.5 Å². The van der Waals surface area contributed by atoms with Crippen LogP contribution in [0.25, 0.3) is 11.0 Å². The Labute approximate surface area is 169 Å². The van der Waals surface area contributed by atoms with Crippen molar-refractivity contribution in [1.82, 2.24) is 9.55 Å². The molecule has 29 heavy (non-hydrogen) atoms. The number of anilines is 2. The SMILES string of the molecule is Cc1cccc(NC(=O)C[C@@H]2C(=O)N(C3CCCC3)c3nc4ccccc4n32)c1. The molecule has 0 radical (unpaired) electrons. The molecule has 1 N–H and O–H groups in total. The van der Waals surface area contributed by atoms with E-state index in [0.717, 1.165) is 48.0 Å². The molecule has 1 fully saturated rings.